The summed E-state index contributed by atoms with van der Waals surface area (Å²) in [5.41, 5.74) is 1.86. The highest BCUT2D eigenvalue weighted by Gasteiger charge is 2.17. The Bertz CT molecular complexity index is 622. The summed E-state index contributed by atoms with van der Waals surface area (Å²) in [5, 5.41) is 12.6. The summed E-state index contributed by atoms with van der Waals surface area (Å²) in [5.74, 6) is 2.66. The van der Waals surface area contributed by atoms with Gasteiger partial charge in [0, 0.05) is 5.56 Å². The fraction of sp³-hybridized carbons (Fsp3) is 0.353. The van der Waals surface area contributed by atoms with E-state index in [0.717, 1.165) is 0 Å². The number of hydrogen-bond acceptors (Lipinski definition) is 5. The number of aliphatic hydroxyl groups excluding tert-OH is 1. The van der Waals surface area contributed by atoms with Crippen LogP contribution in [0.5, 0.6) is 0 Å². The first-order valence-electron chi connectivity index (χ1n) is 7.57. The number of carbonyl (C=O) groups is 1. The summed E-state index contributed by atoms with van der Waals surface area (Å²) in [4.78, 5) is 12.1. The SMILES string of the molecule is O=C(NCC(O)c1ccco1)c1ccc(C2SCCCS2)cc1. The van der Waals surface area contributed by atoms with Crippen LogP contribution in [0, 0.1) is 0 Å². The van der Waals surface area contributed by atoms with Gasteiger partial charge in [-0.15, -0.1) is 23.5 Å². The lowest BCUT2D eigenvalue weighted by molar-refractivity contribution is 0.0901. The smallest absolute Gasteiger partial charge is 0.251 e. The molecule has 1 aromatic heterocycles. The van der Waals surface area contributed by atoms with Gasteiger partial charge in [0.1, 0.15) is 11.9 Å². The molecule has 2 N–H and O–H groups in total. The molecule has 1 atom stereocenters. The van der Waals surface area contributed by atoms with Gasteiger partial charge in [0.15, 0.2) is 0 Å². The van der Waals surface area contributed by atoms with Crippen LogP contribution in [0.25, 0.3) is 0 Å². The van der Waals surface area contributed by atoms with Crippen molar-refractivity contribution < 1.29 is 14.3 Å². The van der Waals surface area contributed by atoms with Crippen molar-refractivity contribution >= 4 is 29.4 Å². The molecule has 1 aliphatic heterocycles. The molecule has 23 heavy (non-hydrogen) atoms. The van der Waals surface area contributed by atoms with Crippen LogP contribution >= 0.6 is 23.5 Å². The van der Waals surface area contributed by atoms with Crippen LogP contribution < -0.4 is 5.32 Å². The van der Waals surface area contributed by atoms with Gasteiger partial charge in [-0.1, -0.05) is 12.1 Å². The molecule has 122 valence electrons. The third-order valence-electron chi connectivity index (χ3n) is 3.60. The molecule has 0 saturated carbocycles. The van der Waals surface area contributed by atoms with Crippen LogP contribution in [0.3, 0.4) is 0 Å². The maximum atomic E-state index is 12.1. The highest BCUT2D eigenvalue weighted by Crippen LogP contribution is 2.43. The van der Waals surface area contributed by atoms with Crippen LogP contribution in [0.4, 0.5) is 0 Å². The van der Waals surface area contributed by atoms with Gasteiger partial charge in [-0.2, -0.15) is 0 Å². The zero-order valence-corrected chi connectivity index (χ0v) is 14.2. The Hall–Kier alpha value is -1.37. The van der Waals surface area contributed by atoms with Crippen molar-refractivity contribution in [1.82, 2.24) is 5.32 Å². The van der Waals surface area contributed by atoms with Gasteiger partial charge in [0.2, 0.25) is 0 Å². The first-order chi connectivity index (χ1) is 11.2. The number of amides is 1. The van der Waals surface area contributed by atoms with Crippen LogP contribution in [0.1, 0.15) is 38.8 Å². The number of benzene rings is 1. The molecule has 1 aromatic carbocycles. The van der Waals surface area contributed by atoms with Gasteiger partial charge in [0.25, 0.3) is 5.91 Å². The number of hydrogen-bond donors (Lipinski definition) is 2. The number of carbonyl (C=O) groups excluding carboxylic acids is 1. The lowest BCUT2D eigenvalue weighted by Gasteiger charge is -2.21. The first kappa shape index (κ1) is 16.5. The fourth-order valence-corrected chi connectivity index (χ4v) is 5.24. The summed E-state index contributed by atoms with van der Waals surface area (Å²) < 4.78 is 5.58. The summed E-state index contributed by atoms with van der Waals surface area (Å²) in [6, 6.07) is 11.1. The van der Waals surface area contributed by atoms with E-state index in [4.69, 9.17) is 4.42 Å². The molecule has 0 bridgehead atoms. The van der Waals surface area contributed by atoms with Crippen molar-refractivity contribution in [3.05, 3.63) is 59.5 Å². The molecule has 1 amide bonds. The Labute approximate surface area is 144 Å². The van der Waals surface area contributed by atoms with Crippen LogP contribution in [0.15, 0.2) is 47.1 Å². The molecule has 6 heteroatoms. The van der Waals surface area contributed by atoms with Crippen molar-refractivity contribution in [2.24, 2.45) is 0 Å². The third-order valence-corrected chi connectivity index (χ3v) is 6.61. The topological polar surface area (TPSA) is 62.5 Å². The quantitative estimate of drug-likeness (QED) is 0.863. The first-order valence-corrected chi connectivity index (χ1v) is 9.66. The number of rotatable bonds is 5. The van der Waals surface area contributed by atoms with Crippen molar-refractivity contribution in [3.8, 4) is 0 Å². The molecule has 1 fully saturated rings. The second-order valence-corrected chi connectivity index (χ2v) is 8.01. The highest BCUT2D eigenvalue weighted by atomic mass is 32.2. The minimum atomic E-state index is -0.830. The van der Waals surface area contributed by atoms with E-state index >= 15 is 0 Å². The van der Waals surface area contributed by atoms with E-state index in [-0.39, 0.29) is 12.5 Å². The molecule has 2 aromatic rings. The number of thioether (sulfide) groups is 2. The van der Waals surface area contributed by atoms with Gasteiger partial charge < -0.3 is 14.8 Å². The summed E-state index contributed by atoms with van der Waals surface area (Å²) in [6.45, 7) is 0.127. The molecule has 1 aliphatic rings. The van der Waals surface area contributed by atoms with Crippen molar-refractivity contribution in [3.63, 3.8) is 0 Å². The highest BCUT2D eigenvalue weighted by molar-refractivity contribution is 8.16. The van der Waals surface area contributed by atoms with Crippen LogP contribution in [-0.2, 0) is 0 Å². The average Bonchev–Trinajstić information content (AvgIpc) is 3.15. The molecule has 0 aliphatic carbocycles. The second kappa shape index (κ2) is 7.95. The molecule has 4 nitrogen and oxygen atoms in total. The molecule has 1 unspecified atom stereocenters. The summed E-state index contributed by atoms with van der Waals surface area (Å²) in [6.07, 6.45) is 1.94. The lowest BCUT2D eigenvalue weighted by atomic mass is 10.1. The zero-order valence-electron chi connectivity index (χ0n) is 12.6. The summed E-state index contributed by atoms with van der Waals surface area (Å²) >= 11 is 3.92. The number of aliphatic hydroxyl groups is 1. The zero-order chi connectivity index (χ0) is 16.1. The van der Waals surface area contributed by atoms with E-state index in [1.807, 2.05) is 47.8 Å². The predicted octanol–water partition coefficient (Wildman–Crippen LogP) is 3.61. The fourth-order valence-electron chi connectivity index (χ4n) is 2.34. The van der Waals surface area contributed by atoms with Gasteiger partial charge in [-0.05, 0) is 47.8 Å². The van der Waals surface area contributed by atoms with Gasteiger partial charge in [-0.3, -0.25) is 4.79 Å². The standard InChI is InChI=1S/C17H19NO3S2/c19-14(15-3-1-8-21-15)11-18-16(20)12-4-6-13(7-5-12)17-22-9-2-10-23-17/h1,3-8,14,17,19H,2,9-11H2,(H,18,20). The molecule has 0 radical (unpaired) electrons. The van der Waals surface area contributed by atoms with Crippen molar-refractivity contribution in [2.75, 3.05) is 18.1 Å². The molecular formula is C17H19NO3S2. The van der Waals surface area contributed by atoms with Crippen molar-refractivity contribution in [2.45, 2.75) is 17.1 Å². The molecule has 0 spiro atoms. The van der Waals surface area contributed by atoms with Gasteiger partial charge >= 0.3 is 0 Å². The number of furan rings is 1. The van der Waals surface area contributed by atoms with Crippen molar-refractivity contribution in [1.29, 1.82) is 0 Å². The van der Waals surface area contributed by atoms with Gasteiger partial charge in [-0.25, -0.2) is 0 Å². The van der Waals surface area contributed by atoms with Crippen LogP contribution in [-0.4, -0.2) is 29.1 Å². The van der Waals surface area contributed by atoms with E-state index in [0.29, 0.717) is 15.9 Å². The minimum absolute atomic E-state index is 0.127. The summed E-state index contributed by atoms with van der Waals surface area (Å²) in [7, 11) is 0. The lowest BCUT2D eigenvalue weighted by Crippen LogP contribution is -2.28. The van der Waals surface area contributed by atoms with E-state index in [2.05, 4.69) is 5.32 Å². The van der Waals surface area contributed by atoms with E-state index in [1.54, 1.807) is 12.1 Å². The van der Waals surface area contributed by atoms with Gasteiger partial charge in [0.05, 0.1) is 17.4 Å². The average molecular weight is 349 g/mol. The normalized spacial score (nSPS) is 16.9. The maximum absolute atomic E-state index is 12.1. The third kappa shape index (κ3) is 4.34. The Morgan fingerprint density at radius 1 is 1.26 bits per heavy atom. The predicted molar refractivity (Wildman–Crippen MR) is 94.7 cm³/mol. The van der Waals surface area contributed by atoms with E-state index in [9.17, 15) is 9.90 Å². The maximum Gasteiger partial charge on any atom is 0.251 e. The molecule has 2 heterocycles. The monoisotopic (exact) mass is 349 g/mol. The Morgan fingerprint density at radius 3 is 2.65 bits per heavy atom. The van der Waals surface area contributed by atoms with Crippen LogP contribution in [0.2, 0.25) is 0 Å². The Morgan fingerprint density at radius 2 is 2.00 bits per heavy atom. The Balaban J connectivity index is 1.55. The second-order valence-electron chi connectivity index (χ2n) is 5.29. The minimum Gasteiger partial charge on any atom is -0.467 e. The largest absolute Gasteiger partial charge is 0.467 e. The van der Waals surface area contributed by atoms with E-state index in [1.165, 1.54) is 29.8 Å². The van der Waals surface area contributed by atoms with E-state index < -0.39 is 6.10 Å². The molecule has 3 rings (SSSR count). The molecular weight excluding hydrogens is 330 g/mol. The number of nitrogens with one attached hydrogen (secondary N) is 1. The molecule has 1 saturated heterocycles. The Kier molecular flexibility index (Phi) is 5.70.